The van der Waals surface area contributed by atoms with Gasteiger partial charge in [0.1, 0.15) is 16.5 Å². The summed E-state index contributed by atoms with van der Waals surface area (Å²) in [7, 11) is 0. The number of likely N-dealkylation sites (N-methyl/N-ethyl adjacent to an activating group) is 1. The van der Waals surface area contributed by atoms with Gasteiger partial charge < -0.3 is 20.5 Å². The molecule has 0 aromatic heterocycles. The molecule has 1 aromatic carbocycles. The maximum atomic E-state index is 14.6. The minimum absolute atomic E-state index is 0.0176. The lowest BCUT2D eigenvalue weighted by atomic mass is 10.1. The predicted octanol–water partition coefficient (Wildman–Crippen LogP) is 0.954. The van der Waals surface area contributed by atoms with Gasteiger partial charge in [0.25, 0.3) is 6.43 Å². The summed E-state index contributed by atoms with van der Waals surface area (Å²) in [6.07, 6.45) is -3.91. The highest BCUT2D eigenvalue weighted by Gasteiger charge is 2.39. The number of hydrogen-bond donors (Lipinski definition) is 2. The number of alkyl halides is 2. The fraction of sp³-hybridized carbons (Fsp3) is 0.357. The molecule has 2 rings (SSSR count). The van der Waals surface area contributed by atoms with Crippen LogP contribution in [0.3, 0.4) is 0 Å². The number of carbonyl (C=O) groups excluding carboxylic acids is 1. The van der Waals surface area contributed by atoms with Gasteiger partial charge in [0.05, 0.1) is 5.88 Å². The van der Waals surface area contributed by atoms with Gasteiger partial charge in [0, 0.05) is 17.8 Å². The van der Waals surface area contributed by atoms with E-state index >= 15 is 0 Å². The molecule has 0 fully saturated rings. The minimum atomic E-state index is -2.98. The Hall–Kier alpha value is -2.25. The van der Waals surface area contributed by atoms with Crippen molar-refractivity contribution < 1.29 is 26.7 Å². The number of nitrogens with one attached hydrogen (secondary N) is 1. The molecule has 0 spiro atoms. The number of thiocarbonyl (C=S) groups is 1. The zero-order valence-electron chi connectivity index (χ0n) is 13.9. The zero-order valence-corrected chi connectivity index (χ0v) is 15.5. The van der Waals surface area contributed by atoms with Crippen LogP contribution >= 0.6 is 12.2 Å². The van der Waals surface area contributed by atoms with Gasteiger partial charge in [-0.15, -0.1) is 0 Å². The lowest BCUT2D eigenvalue weighted by molar-refractivity contribution is -0.111. The van der Waals surface area contributed by atoms with E-state index in [1.165, 1.54) is 0 Å². The van der Waals surface area contributed by atoms with E-state index < -0.39 is 41.2 Å². The van der Waals surface area contributed by atoms with Crippen molar-refractivity contribution in [2.24, 2.45) is 10.8 Å². The fourth-order valence-electron chi connectivity index (χ4n) is 2.56. The van der Waals surface area contributed by atoms with Crippen LogP contribution in [0.25, 0.3) is 0 Å². The van der Waals surface area contributed by atoms with Gasteiger partial charge in [-0.1, -0.05) is 12.2 Å². The fourth-order valence-corrected chi connectivity index (χ4v) is 3.01. The quantitative estimate of drug-likeness (QED) is 0.362. The molecular weight excluding hydrogens is 407 g/mol. The number of amidine groups is 1. The summed E-state index contributed by atoms with van der Waals surface area (Å²) < 4.78 is 62.6. The third kappa shape index (κ3) is 4.36. The van der Waals surface area contributed by atoms with Crippen molar-refractivity contribution >= 4 is 51.8 Å². The van der Waals surface area contributed by atoms with Crippen molar-refractivity contribution in [3.63, 3.8) is 0 Å². The number of anilines is 2. The standard InChI is InChI=1S/C14H16F3N5O3S2/c1-2-21-11(5-23)22(20-14(21)12(16)17)10-4-9(19-6-27(24)25)7(13(18)26)3-8(10)15/h3-5,11-12,19H,2,6H2,1H3,(H2,18,26)(H,24,25)/p-1. The summed E-state index contributed by atoms with van der Waals surface area (Å²) in [5.41, 5.74) is 5.27. The number of carbonyl (C=O) groups is 1. The Morgan fingerprint density at radius 1 is 1.56 bits per heavy atom. The maximum absolute atomic E-state index is 14.6. The Bertz CT molecular complexity index is 808. The van der Waals surface area contributed by atoms with Crippen molar-refractivity contribution in [3.8, 4) is 0 Å². The van der Waals surface area contributed by atoms with E-state index in [0.717, 1.165) is 22.0 Å². The molecule has 13 heteroatoms. The van der Waals surface area contributed by atoms with Crippen LogP contribution in [0.1, 0.15) is 12.5 Å². The van der Waals surface area contributed by atoms with Gasteiger partial charge in [-0.3, -0.25) is 9.00 Å². The molecule has 0 bridgehead atoms. The molecule has 1 heterocycles. The van der Waals surface area contributed by atoms with Crippen LogP contribution in [0.5, 0.6) is 0 Å². The number of nitrogens with zero attached hydrogens (tertiary/aromatic N) is 3. The number of halogens is 3. The summed E-state index contributed by atoms with van der Waals surface area (Å²) in [4.78, 5) is 12.3. The molecule has 2 atom stereocenters. The SMILES string of the molecule is CCN1C(C(F)F)=NN(c2cc(NCS(=O)[O-])c(C(N)=S)cc2F)C1C=O. The van der Waals surface area contributed by atoms with E-state index in [0.29, 0.717) is 6.29 Å². The predicted molar refractivity (Wildman–Crippen MR) is 97.8 cm³/mol. The van der Waals surface area contributed by atoms with Gasteiger partial charge in [0.2, 0.25) is 0 Å². The second-order valence-electron chi connectivity index (χ2n) is 5.28. The van der Waals surface area contributed by atoms with Crippen molar-refractivity contribution in [1.29, 1.82) is 0 Å². The Labute approximate surface area is 160 Å². The Morgan fingerprint density at radius 3 is 2.70 bits per heavy atom. The van der Waals surface area contributed by atoms with E-state index in [9.17, 15) is 26.7 Å². The lowest BCUT2D eigenvalue weighted by Gasteiger charge is -2.27. The third-order valence-electron chi connectivity index (χ3n) is 3.71. The molecular formula is C14H15F3N5O3S2-. The van der Waals surface area contributed by atoms with Gasteiger partial charge >= 0.3 is 0 Å². The number of hydrazone groups is 1. The molecule has 3 N–H and O–H groups in total. The first-order valence-electron chi connectivity index (χ1n) is 7.52. The molecule has 148 valence electrons. The molecule has 2 unspecified atom stereocenters. The van der Waals surface area contributed by atoms with Crippen LogP contribution in [-0.2, 0) is 15.9 Å². The van der Waals surface area contributed by atoms with Gasteiger partial charge in [-0.05, 0) is 30.1 Å². The Morgan fingerprint density at radius 2 is 2.22 bits per heavy atom. The molecule has 1 aromatic rings. The average Bonchev–Trinajstić information content (AvgIpc) is 2.98. The lowest BCUT2D eigenvalue weighted by Crippen LogP contribution is -2.45. The third-order valence-corrected chi connectivity index (χ3v) is 4.31. The number of nitrogens with two attached hydrogens (primary N) is 1. The minimum Gasteiger partial charge on any atom is -0.771 e. The molecule has 0 radical (unpaired) electrons. The number of aldehydes is 1. The number of benzene rings is 1. The van der Waals surface area contributed by atoms with Crippen LogP contribution in [0.15, 0.2) is 17.2 Å². The Balaban J connectivity index is 2.56. The molecule has 0 amide bonds. The van der Waals surface area contributed by atoms with E-state index in [-0.39, 0.29) is 28.5 Å². The molecule has 8 nitrogen and oxygen atoms in total. The van der Waals surface area contributed by atoms with E-state index in [1.54, 1.807) is 6.92 Å². The average molecular weight is 422 g/mol. The van der Waals surface area contributed by atoms with Crippen molar-refractivity contribution in [1.82, 2.24) is 4.90 Å². The van der Waals surface area contributed by atoms with Crippen LogP contribution in [-0.4, -0.2) is 55.8 Å². The zero-order chi connectivity index (χ0) is 20.3. The van der Waals surface area contributed by atoms with Gasteiger partial charge in [-0.25, -0.2) is 18.2 Å². The van der Waals surface area contributed by atoms with Crippen LogP contribution < -0.4 is 16.1 Å². The van der Waals surface area contributed by atoms with Crippen molar-refractivity contribution in [3.05, 3.63) is 23.5 Å². The number of hydrogen-bond acceptors (Lipinski definition) is 8. The number of rotatable bonds is 8. The maximum Gasteiger partial charge on any atom is 0.297 e. The first kappa shape index (κ1) is 21.1. The first-order chi connectivity index (χ1) is 12.7. The van der Waals surface area contributed by atoms with E-state index in [2.05, 4.69) is 10.4 Å². The van der Waals surface area contributed by atoms with E-state index in [4.69, 9.17) is 18.0 Å². The smallest absolute Gasteiger partial charge is 0.297 e. The highest BCUT2D eigenvalue weighted by atomic mass is 32.2. The topological polar surface area (TPSA) is 114 Å². The Kier molecular flexibility index (Phi) is 6.73. The molecule has 0 aliphatic carbocycles. The molecule has 0 saturated heterocycles. The van der Waals surface area contributed by atoms with Gasteiger partial charge in [0.15, 0.2) is 18.3 Å². The highest BCUT2D eigenvalue weighted by Crippen LogP contribution is 2.32. The summed E-state index contributed by atoms with van der Waals surface area (Å²) in [5.74, 6) is -2.12. The van der Waals surface area contributed by atoms with Crippen molar-refractivity contribution in [2.45, 2.75) is 19.5 Å². The summed E-state index contributed by atoms with van der Waals surface area (Å²) in [6, 6.07) is 2.03. The van der Waals surface area contributed by atoms with E-state index in [1.807, 2.05) is 0 Å². The normalized spacial score (nSPS) is 17.9. The second kappa shape index (κ2) is 8.63. The second-order valence-corrected chi connectivity index (χ2v) is 6.61. The summed E-state index contributed by atoms with van der Waals surface area (Å²) in [5, 5.41) is 6.98. The molecule has 1 aliphatic rings. The van der Waals surface area contributed by atoms with Crippen LogP contribution in [0.4, 0.5) is 24.5 Å². The van der Waals surface area contributed by atoms with Crippen LogP contribution in [0.2, 0.25) is 0 Å². The highest BCUT2D eigenvalue weighted by molar-refractivity contribution is 7.80. The van der Waals surface area contributed by atoms with Gasteiger partial charge in [-0.2, -0.15) is 5.10 Å². The van der Waals surface area contributed by atoms with Crippen LogP contribution in [0, 0.1) is 5.82 Å². The summed E-state index contributed by atoms with van der Waals surface area (Å²) in [6.45, 7) is 1.58. The first-order valence-corrected chi connectivity index (χ1v) is 9.17. The largest absolute Gasteiger partial charge is 0.771 e. The molecule has 1 aliphatic heterocycles. The van der Waals surface area contributed by atoms with Crippen molar-refractivity contribution in [2.75, 3.05) is 22.7 Å². The molecule has 27 heavy (non-hydrogen) atoms. The molecule has 0 saturated carbocycles. The summed E-state index contributed by atoms with van der Waals surface area (Å²) >= 11 is 2.34. The monoisotopic (exact) mass is 422 g/mol.